The molecule has 4 aromatic rings. The summed E-state index contributed by atoms with van der Waals surface area (Å²) in [6.07, 6.45) is 0. The molecule has 0 saturated carbocycles. The van der Waals surface area contributed by atoms with Gasteiger partial charge in [0, 0.05) is 12.6 Å². The predicted octanol–water partition coefficient (Wildman–Crippen LogP) is 4.53. The minimum Gasteiger partial charge on any atom is -0.323 e. The molecule has 2 N–H and O–H groups in total. The number of nitrogens with zero attached hydrogens (tertiary/aromatic N) is 2. The number of aryl methyl sites for hydroxylation is 1. The van der Waals surface area contributed by atoms with Crippen molar-refractivity contribution in [1.82, 2.24) is 9.13 Å². The number of para-hydroxylation sites is 4. The van der Waals surface area contributed by atoms with Crippen LogP contribution in [0.1, 0.15) is 36.7 Å². The third-order valence-corrected chi connectivity index (χ3v) is 5.82. The summed E-state index contributed by atoms with van der Waals surface area (Å²) in [6.45, 7) is 6.21. The highest BCUT2D eigenvalue weighted by Crippen LogP contribution is 2.24. The van der Waals surface area contributed by atoms with E-state index in [1.807, 2.05) is 36.4 Å². The lowest BCUT2D eigenvalue weighted by Crippen LogP contribution is -2.28. The minimum absolute atomic E-state index is 0.00205. The zero-order valence-corrected chi connectivity index (χ0v) is 19.8. The van der Waals surface area contributed by atoms with Crippen molar-refractivity contribution >= 4 is 34.2 Å². The Morgan fingerprint density at radius 1 is 0.794 bits per heavy atom. The van der Waals surface area contributed by atoms with Gasteiger partial charge in [0.1, 0.15) is 6.54 Å². The van der Waals surface area contributed by atoms with E-state index in [-0.39, 0.29) is 29.5 Å². The number of hydrogen-bond acceptors (Lipinski definition) is 3. The maximum atomic E-state index is 12.8. The van der Waals surface area contributed by atoms with E-state index in [1.54, 1.807) is 43.4 Å². The highest BCUT2D eigenvalue weighted by atomic mass is 16.2. The fourth-order valence-electron chi connectivity index (χ4n) is 3.87. The normalized spacial score (nSPS) is 11.4. The first-order chi connectivity index (χ1) is 16.1. The van der Waals surface area contributed by atoms with E-state index in [4.69, 9.17) is 0 Å². The zero-order chi connectivity index (χ0) is 24.5. The van der Waals surface area contributed by atoms with Crippen LogP contribution in [0.2, 0.25) is 0 Å². The van der Waals surface area contributed by atoms with Crippen LogP contribution in [0.3, 0.4) is 0 Å². The van der Waals surface area contributed by atoms with Crippen LogP contribution in [0.5, 0.6) is 0 Å². The molecule has 0 fully saturated rings. The molecule has 7 nitrogen and oxygen atoms in total. The van der Waals surface area contributed by atoms with Crippen LogP contribution in [0.15, 0.2) is 77.6 Å². The van der Waals surface area contributed by atoms with E-state index >= 15 is 0 Å². The number of amides is 2. The van der Waals surface area contributed by atoms with Crippen molar-refractivity contribution in [2.75, 3.05) is 10.6 Å². The molecule has 0 atom stereocenters. The van der Waals surface area contributed by atoms with Crippen molar-refractivity contribution in [2.45, 2.75) is 32.7 Å². The van der Waals surface area contributed by atoms with Crippen molar-refractivity contribution in [3.63, 3.8) is 0 Å². The smallest absolute Gasteiger partial charge is 0.323 e. The van der Waals surface area contributed by atoms with E-state index < -0.39 is 0 Å². The van der Waals surface area contributed by atoms with E-state index in [2.05, 4.69) is 31.4 Å². The lowest BCUT2D eigenvalue weighted by Gasteiger charge is -2.19. The largest absolute Gasteiger partial charge is 0.329 e. The van der Waals surface area contributed by atoms with Crippen LogP contribution in [0.25, 0.3) is 11.0 Å². The molecule has 174 valence electrons. The van der Waals surface area contributed by atoms with Gasteiger partial charge in [0.25, 0.3) is 5.91 Å². The van der Waals surface area contributed by atoms with Gasteiger partial charge in [-0.3, -0.25) is 18.7 Å². The van der Waals surface area contributed by atoms with Crippen molar-refractivity contribution < 1.29 is 9.59 Å². The second kappa shape index (κ2) is 9.02. The van der Waals surface area contributed by atoms with Gasteiger partial charge in [-0.25, -0.2) is 4.79 Å². The first kappa shape index (κ1) is 23.0. The molecule has 7 heteroatoms. The monoisotopic (exact) mass is 456 g/mol. The number of imidazole rings is 1. The number of hydrogen-bond donors (Lipinski definition) is 2. The van der Waals surface area contributed by atoms with E-state index in [0.29, 0.717) is 22.5 Å². The van der Waals surface area contributed by atoms with Gasteiger partial charge >= 0.3 is 5.69 Å². The van der Waals surface area contributed by atoms with Crippen LogP contribution in [-0.2, 0) is 23.8 Å². The molecule has 1 heterocycles. The van der Waals surface area contributed by atoms with Crippen LogP contribution in [0.4, 0.5) is 11.4 Å². The highest BCUT2D eigenvalue weighted by Gasteiger charge is 2.17. The molecule has 0 bridgehead atoms. The van der Waals surface area contributed by atoms with Gasteiger partial charge in [-0.1, -0.05) is 57.2 Å². The molecule has 34 heavy (non-hydrogen) atoms. The Labute approximate surface area is 198 Å². The first-order valence-electron chi connectivity index (χ1n) is 11.1. The molecule has 4 rings (SSSR count). The fraction of sp³-hybridized carbons (Fsp3) is 0.222. The van der Waals surface area contributed by atoms with E-state index in [1.165, 1.54) is 9.13 Å². The Kier molecular flexibility index (Phi) is 6.11. The number of fused-ring (bicyclic) bond motifs is 1. The molecule has 0 aliphatic rings. The first-order valence-corrected chi connectivity index (χ1v) is 11.1. The molecule has 0 spiro atoms. The number of carbonyl (C=O) groups excluding carboxylic acids is 2. The molecular formula is C27H28N4O3. The second-order valence-corrected chi connectivity index (χ2v) is 9.29. The summed E-state index contributed by atoms with van der Waals surface area (Å²) >= 11 is 0. The van der Waals surface area contributed by atoms with Gasteiger partial charge in [-0.15, -0.1) is 0 Å². The van der Waals surface area contributed by atoms with Gasteiger partial charge in [-0.05, 0) is 47.4 Å². The summed E-state index contributed by atoms with van der Waals surface area (Å²) in [4.78, 5) is 38.3. The SMILES string of the molecule is Cn1c(=O)n(CC(=O)Nc2ccccc2NC(=O)c2ccc(C(C)(C)C)cc2)c2ccccc21. The summed E-state index contributed by atoms with van der Waals surface area (Å²) in [6, 6.07) is 21.8. The Balaban J connectivity index is 1.51. The third kappa shape index (κ3) is 4.64. The lowest BCUT2D eigenvalue weighted by atomic mass is 9.87. The maximum absolute atomic E-state index is 12.8. The average molecular weight is 457 g/mol. The highest BCUT2D eigenvalue weighted by molar-refractivity contribution is 6.07. The zero-order valence-electron chi connectivity index (χ0n) is 19.8. The molecule has 1 aromatic heterocycles. The third-order valence-electron chi connectivity index (χ3n) is 5.82. The Hall–Kier alpha value is -4.13. The molecule has 3 aromatic carbocycles. The van der Waals surface area contributed by atoms with Gasteiger partial charge in [0.05, 0.1) is 22.4 Å². The van der Waals surface area contributed by atoms with Crippen LogP contribution in [-0.4, -0.2) is 20.9 Å². The fourth-order valence-corrected chi connectivity index (χ4v) is 3.87. The summed E-state index contributed by atoms with van der Waals surface area (Å²) in [5, 5.41) is 5.70. The number of benzene rings is 3. The quantitative estimate of drug-likeness (QED) is 0.463. The molecule has 0 radical (unpaired) electrons. The van der Waals surface area contributed by atoms with Crippen LogP contribution in [0, 0.1) is 0 Å². The Bertz CT molecular complexity index is 1420. The van der Waals surface area contributed by atoms with Crippen LogP contribution >= 0.6 is 0 Å². The van der Waals surface area contributed by atoms with Gasteiger partial charge in [0.2, 0.25) is 5.91 Å². The number of nitrogens with one attached hydrogen (secondary N) is 2. The lowest BCUT2D eigenvalue weighted by molar-refractivity contribution is -0.116. The van der Waals surface area contributed by atoms with Gasteiger partial charge in [-0.2, -0.15) is 0 Å². The summed E-state index contributed by atoms with van der Waals surface area (Å²) in [7, 11) is 1.68. The van der Waals surface area contributed by atoms with Crippen molar-refractivity contribution in [3.05, 3.63) is 94.4 Å². The topological polar surface area (TPSA) is 85.1 Å². The number of rotatable bonds is 5. The minimum atomic E-state index is -0.366. The van der Waals surface area contributed by atoms with Crippen molar-refractivity contribution in [1.29, 1.82) is 0 Å². The number of aromatic nitrogens is 2. The number of anilines is 2. The van der Waals surface area contributed by atoms with Crippen LogP contribution < -0.4 is 16.3 Å². The van der Waals surface area contributed by atoms with Gasteiger partial charge < -0.3 is 10.6 Å². The van der Waals surface area contributed by atoms with Crippen molar-refractivity contribution in [3.8, 4) is 0 Å². The van der Waals surface area contributed by atoms with E-state index in [9.17, 15) is 14.4 Å². The summed E-state index contributed by atoms with van der Waals surface area (Å²) < 4.78 is 2.95. The Morgan fingerprint density at radius 3 is 1.97 bits per heavy atom. The molecule has 0 saturated heterocycles. The standard InChI is InChI=1S/C27H28N4O3/c1-27(2,3)19-15-13-18(14-16-19)25(33)29-21-10-6-5-9-20(21)28-24(32)17-31-23-12-8-7-11-22(23)30(4)26(31)34/h5-16H,17H2,1-4H3,(H,28,32)(H,29,33). The molecule has 2 amide bonds. The average Bonchev–Trinajstić information content (AvgIpc) is 3.05. The van der Waals surface area contributed by atoms with Crippen molar-refractivity contribution in [2.24, 2.45) is 7.05 Å². The summed E-state index contributed by atoms with van der Waals surface area (Å²) in [5.74, 6) is -0.637. The second-order valence-electron chi connectivity index (χ2n) is 9.29. The Morgan fingerprint density at radius 2 is 1.35 bits per heavy atom. The summed E-state index contributed by atoms with van der Waals surface area (Å²) in [5.41, 5.74) is 3.77. The molecule has 0 aliphatic heterocycles. The molecule has 0 unspecified atom stereocenters. The van der Waals surface area contributed by atoms with Gasteiger partial charge in [0.15, 0.2) is 0 Å². The van der Waals surface area contributed by atoms with E-state index in [0.717, 1.165) is 11.1 Å². The maximum Gasteiger partial charge on any atom is 0.329 e. The molecule has 0 aliphatic carbocycles. The molecular weight excluding hydrogens is 428 g/mol. The predicted molar refractivity (Wildman–Crippen MR) is 135 cm³/mol. The number of carbonyl (C=O) groups is 2.